The van der Waals surface area contributed by atoms with E-state index >= 15 is 4.39 Å². The van der Waals surface area contributed by atoms with Crippen LogP contribution >= 0.6 is 0 Å². The Bertz CT molecular complexity index is 1280. The van der Waals surface area contributed by atoms with Crippen molar-refractivity contribution in [2.75, 3.05) is 13.1 Å². The zero-order valence-electron chi connectivity index (χ0n) is 19.7. The normalized spacial score (nSPS) is 17.9. The first kappa shape index (κ1) is 26.0. The third-order valence-corrected chi connectivity index (χ3v) is 5.91. The molecule has 196 valence electrons. The van der Waals surface area contributed by atoms with Crippen LogP contribution in [0.15, 0.2) is 54.9 Å². The minimum absolute atomic E-state index is 0.102. The number of primary amides is 1. The molecule has 2 heterocycles. The molecular formula is C25H24F4N4O4. The van der Waals surface area contributed by atoms with E-state index in [2.05, 4.69) is 9.84 Å². The topological polar surface area (TPSA) is 99.7 Å². The number of hydrogen-bond donors (Lipinski definition) is 1. The fourth-order valence-corrected chi connectivity index (χ4v) is 4.08. The van der Waals surface area contributed by atoms with Crippen molar-refractivity contribution >= 4 is 11.8 Å². The van der Waals surface area contributed by atoms with Crippen molar-refractivity contribution in [2.24, 2.45) is 12.8 Å². The molecule has 2 N–H and O–H groups in total. The van der Waals surface area contributed by atoms with E-state index in [-0.39, 0.29) is 43.2 Å². The Morgan fingerprint density at radius 1 is 1.14 bits per heavy atom. The van der Waals surface area contributed by atoms with Gasteiger partial charge in [0.15, 0.2) is 6.17 Å². The van der Waals surface area contributed by atoms with Crippen LogP contribution in [-0.2, 0) is 18.3 Å². The summed E-state index contributed by atoms with van der Waals surface area (Å²) in [4.78, 5) is 26.0. The summed E-state index contributed by atoms with van der Waals surface area (Å²) in [7, 11) is 1.76. The first-order chi connectivity index (χ1) is 17.5. The lowest BCUT2D eigenvalue weighted by molar-refractivity contribution is -0.274. The zero-order valence-corrected chi connectivity index (χ0v) is 19.7. The summed E-state index contributed by atoms with van der Waals surface area (Å²) in [6.45, 7) is -0.0166. The number of alkyl halides is 4. The molecule has 4 rings (SSSR count). The number of nitrogens with two attached hydrogens (primary N) is 1. The molecule has 0 aliphatic carbocycles. The highest BCUT2D eigenvalue weighted by atomic mass is 19.4. The predicted molar refractivity (Wildman–Crippen MR) is 124 cm³/mol. The number of aromatic nitrogens is 2. The van der Waals surface area contributed by atoms with E-state index in [4.69, 9.17) is 10.5 Å². The van der Waals surface area contributed by atoms with E-state index in [1.54, 1.807) is 42.3 Å². The van der Waals surface area contributed by atoms with Crippen LogP contribution in [0.5, 0.6) is 11.5 Å². The molecule has 2 unspecified atom stereocenters. The average molecular weight is 520 g/mol. The van der Waals surface area contributed by atoms with Gasteiger partial charge in [0.2, 0.25) is 5.91 Å². The maximum absolute atomic E-state index is 15.0. The van der Waals surface area contributed by atoms with Gasteiger partial charge < -0.3 is 20.1 Å². The van der Waals surface area contributed by atoms with Crippen LogP contribution in [0.25, 0.3) is 11.1 Å². The first-order valence-corrected chi connectivity index (χ1v) is 11.3. The van der Waals surface area contributed by atoms with Crippen LogP contribution < -0.4 is 15.2 Å². The number of rotatable bonds is 7. The largest absolute Gasteiger partial charge is 0.573 e. The van der Waals surface area contributed by atoms with Crippen molar-refractivity contribution in [1.82, 2.24) is 14.7 Å². The molecule has 0 saturated carbocycles. The molecule has 1 saturated heterocycles. The second kappa shape index (κ2) is 10.5. The second-order valence-corrected chi connectivity index (χ2v) is 8.65. The number of amides is 2. The molecule has 1 aliphatic heterocycles. The molecule has 37 heavy (non-hydrogen) atoms. The molecule has 12 heteroatoms. The third-order valence-electron chi connectivity index (χ3n) is 5.91. The summed E-state index contributed by atoms with van der Waals surface area (Å²) in [5, 5.41) is 4.10. The molecule has 8 nitrogen and oxygen atoms in total. The number of carbonyl (C=O) groups is 2. The van der Waals surface area contributed by atoms with E-state index in [0.717, 1.165) is 17.7 Å². The monoisotopic (exact) mass is 520 g/mol. The molecule has 2 aromatic carbocycles. The van der Waals surface area contributed by atoms with Gasteiger partial charge in [-0.15, -0.1) is 13.2 Å². The maximum atomic E-state index is 15.0. The van der Waals surface area contributed by atoms with Gasteiger partial charge >= 0.3 is 6.36 Å². The van der Waals surface area contributed by atoms with E-state index in [9.17, 15) is 22.8 Å². The number of ether oxygens (including phenoxy) is 2. The van der Waals surface area contributed by atoms with Gasteiger partial charge in [0.1, 0.15) is 17.6 Å². The highest BCUT2D eigenvalue weighted by Crippen LogP contribution is 2.30. The molecule has 2 atom stereocenters. The smallest absolute Gasteiger partial charge is 0.486 e. The minimum atomic E-state index is -4.81. The summed E-state index contributed by atoms with van der Waals surface area (Å²) in [6.07, 6.45) is -3.76. The number of aryl methyl sites for hydroxylation is 1. The van der Waals surface area contributed by atoms with Gasteiger partial charge in [-0.3, -0.25) is 14.3 Å². The zero-order chi connectivity index (χ0) is 26.7. The van der Waals surface area contributed by atoms with Crippen molar-refractivity contribution in [1.29, 1.82) is 0 Å². The molecule has 1 aliphatic rings. The van der Waals surface area contributed by atoms with Crippen LogP contribution in [0, 0.1) is 0 Å². The Balaban J connectivity index is 1.37. The quantitative estimate of drug-likeness (QED) is 0.480. The van der Waals surface area contributed by atoms with Crippen LogP contribution in [0.3, 0.4) is 0 Å². The maximum Gasteiger partial charge on any atom is 0.573 e. The lowest BCUT2D eigenvalue weighted by atomic mass is 10.0. The van der Waals surface area contributed by atoms with Crippen molar-refractivity contribution in [2.45, 2.75) is 31.5 Å². The van der Waals surface area contributed by atoms with Gasteiger partial charge in [-0.2, -0.15) is 5.10 Å². The Morgan fingerprint density at radius 3 is 2.46 bits per heavy atom. The van der Waals surface area contributed by atoms with Crippen LogP contribution in [0.1, 0.15) is 22.3 Å². The number of carbonyl (C=O) groups excluding carboxylic acids is 2. The Labute approximate surface area is 209 Å². The fourth-order valence-electron chi connectivity index (χ4n) is 4.08. The Kier molecular flexibility index (Phi) is 7.37. The Morgan fingerprint density at radius 2 is 1.86 bits per heavy atom. The summed E-state index contributed by atoms with van der Waals surface area (Å²) in [6, 6.07) is 9.76. The van der Waals surface area contributed by atoms with Crippen molar-refractivity contribution in [3.8, 4) is 22.6 Å². The molecule has 0 spiro atoms. The van der Waals surface area contributed by atoms with E-state index in [1.165, 1.54) is 17.0 Å². The standard InChI is InChI=1S/C25H24F4N4O4/c1-32-13-17(12-31-32)16-4-7-21(19(11-16)24(30)35)36-22-8-9-33(14-20(22)26)23(34)10-15-2-5-18(6-3-15)37-25(27,28)29/h2-7,11-13,20,22H,8-10,14H2,1H3,(H2,30,35). The summed E-state index contributed by atoms with van der Waals surface area (Å²) in [5.74, 6) is -1.34. The van der Waals surface area contributed by atoms with Crippen LogP contribution in [0.2, 0.25) is 0 Å². The molecular weight excluding hydrogens is 496 g/mol. The van der Waals surface area contributed by atoms with Gasteiger partial charge in [-0.1, -0.05) is 18.2 Å². The lowest BCUT2D eigenvalue weighted by Gasteiger charge is -2.35. The molecule has 0 radical (unpaired) electrons. The van der Waals surface area contributed by atoms with Gasteiger partial charge in [-0.25, -0.2) is 4.39 Å². The van der Waals surface area contributed by atoms with E-state index in [0.29, 0.717) is 11.1 Å². The van der Waals surface area contributed by atoms with Gasteiger partial charge in [0.05, 0.1) is 24.7 Å². The number of piperidine rings is 1. The number of benzene rings is 2. The average Bonchev–Trinajstić information content (AvgIpc) is 3.27. The Hall–Kier alpha value is -4.09. The summed E-state index contributed by atoms with van der Waals surface area (Å²) < 4.78 is 63.1. The lowest BCUT2D eigenvalue weighted by Crippen LogP contribution is -2.49. The molecule has 0 bridgehead atoms. The number of likely N-dealkylation sites (tertiary alicyclic amines) is 1. The second-order valence-electron chi connectivity index (χ2n) is 8.65. The van der Waals surface area contributed by atoms with Crippen molar-refractivity contribution < 1.29 is 36.6 Å². The number of nitrogens with zero attached hydrogens (tertiary/aromatic N) is 3. The van der Waals surface area contributed by atoms with E-state index < -0.39 is 30.3 Å². The fraction of sp³-hybridized carbons (Fsp3) is 0.320. The van der Waals surface area contributed by atoms with Gasteiger partial charge in [0, 0.05) is 31.8 Å². The summed E-state index contributed by atoms with van der Waals surface area (Å²) >= 11 is 0. The van der Waals surface area contributed by atoms with Crippen LogP contribution in [0.4, 0.5) is 17.6 Å². The predicted octanol–water partition coefficient (Wildman–Crippen LogP) is 3.65. The highest BCUT2D eigenvalue weighted by Gasteiger charge is 2.34. The first-order valence-electron chi connectivity index (χ1n) is 11.3. The molecule has 2 amide bonds. The summed E-state index contributed by atoms with van der Waals surface area (Å²) in [5.41, 5.74) is 7.57. The van der Waals surface area contributed by atoms with Gasteiger partial charge in [-0.05, 0) is 35.4 Å². The third kappa shape index (κ3) is 6.57. The van der Waals surface area contributed by atoms with E-state index in [1.807, 2.05) is 0 Å². The minimum Gasteiger partial charge on any atom is -0.486 e. The van der Waals surface area contributed by atoms with Crippen LogP contribution in [-0.4, -0.2) is 58.2 Å². The molecule has 1 fully saturated rings. The highest BCUT2D eigenvalue weighted by molar-refractivity contribution is 5.97. The number of hydrogen-bond acceptors (Lipinski definition) is 5. The van der Waals surface area contributed by atoms with Gasteiger partial charge in [0.25, 0.3) is 5.91 Å². The molecule has 1 aromatic heterocycles. The number of halogens is 4. The SMILES string of the molecule is Cn1cc(-c2ccc(OC3CCN(C(=O)Cc4ccc(OC(F)(F)F)cc4)CC3F)c(C(N)=O)c2)cn1. The van der Waals surface area contributed by atoms with Crippen molar-refractivity contribution in [3.63, 3.8) is 0 Å². The van der Waals surface area contributed by atoms with Crippen molar-refractivity contribution in [3.05, 3.63) is 66.0 Å². The molecule has 3 aromatic rings.